The van der Waals surface area contributed by atoms with Gasteiger partial charge in [0.1, 0.15) is 6.61 Å². The van der Waals surface area contributed by atoms with Crippen LogP contribution in [0, 0.1) is 0 Å². The van der Waals surface area contributed by atoms with Gasteiger partial charge in [-0.1, -0.05) is 148 Å². The zero-order valence-electron chi connectivity index (χ0n) is 29.0. The lowest BCUT2D eigenvalue weighted by Crippen LogP contribution is -2.29. The molecular weight excluding hydrogens is 591 g/mol. The van der Waals surface area contributed by atoms with Gasteiger partial charge in [-0.2, -0.15) is 0 Å². The lowest BCUT2D eigenvalue weighted by atomic mass is 10.0. The Hall–Kier alpha value is -1.21. The van der Waals surface area contributed by atoms with Crippen LogP contribution in [0.15, 0.2) is 12.2 Å². The third kappa shape index (κ3) is 35.5. The van der Waals surface area contributed by atoms with Gasteiger partial charge in [-0.3, -0.25) is 14.1 Å². The molecule has 0 spiro atoms. The van der Waals surface area contributed by atoms with E-state index >= 15 is 0 Å². The van der Waals surface area contributed by atoms with E-state index in [0.29, 0.717) is 12.8 Å². The first kappa shape index (κ1) is 43.8. The van der Waals surface area contributed by atoms with Crippen LogP contribution in [0.1, 0.15) is 187 Å². The van der Waals surface area contributed by atoms with E-state index in [1.54, 1.807) is 0 Å². The van der Waals surface area contributed by atoms with E-state index in [-0.39, 0.29) is 19.4 Å². The molecule has 0 rings (SSSR count). The van der Waals surface area contributed by atoms with Crippen LogP contribution in [0.5, 0.6) is 0 Å². The minimum atomic E-state index is -4.74. The van der Waals surface area contributed by atoms with E-state index in [1.165, 1.54) is 103 Å². The fraction of sp³-hybridized carbons (Fsp3) is 0.889. The number of hydrogen-bond acceptors (Lipinski definition) is 6. The zero-order valence-corrected chi connectivity index (χ0v) is 29.9. The highest BCUT2D eigenvalue weighted by Gasteiger charge is 2.22. The van der Waals surface area contributed by atoms with Crippen LogP contribution in [-0.2, 0) is 28.2 Å². The molecule has 0 radical (unpaired) electrons. The summed E-state index contributed by atoms with van der Waals surface area (Å²) >= 11 is 0. The summed E-state index contributed by atoms with van der Waals surface area (Å²) in [7, 11) is -4.74. The molecule has 9 heteroatoms. The molecule has 0 fully saturated rings. The largest absolute Gasteiger partial charge is 0.469 e. The van der Waals surface area contributed by atoms with E-state index in [9.17, 15) is 14.2 Å². The summed E-state index contributed by atoms with van der Waals surface area (Å²) in [5, 5.41) is 0. The van der Waals surface area contributed by atoms with E-state index in [0.717, 1.165) is 44.9 Å². The Morgan fingerprint density at radius 3 is 1.38 bits per heavy atom. The molecule has 2 N–H and O–H groups in total. The molecule has 0 amide bonds. The average Bonchev–Trinajstić information content (AvgIpc) is 3.00. The monoisotopic (exact) mass is 660 g/mol. The van der Waals surface area contributed by atoms with Crippen molar-refractivity contribution < 1.29 is 37.9 Å². The molecule has 0 aromatic carbocycles. The van der Waals surface area contributed by atoms with Crippen LogP contribution < -0.4 is 0 Å². The van der Waals surface area contributed by atoms with E-state index < -0.39 is 32.5 Å². The van der Waals surface area contributed by atoms with Crippen molar-refractivity contribution in [3.63, 3.8) is 0 Å². The average molecular weight is 661 g/mol. The SMILES string of the molecule is CCCCCCCCCC/C=C/CCCCCC(=O)OC[C@H](COP(=O)(O)O)OC(=O)CCCCCCCCCCCCCC. The predicted octanol–water partition coefficient (Wildman–Crippen LogP) is 10.7. The lowest BCUT2D eigenvalue weighted by molar-refractivity contribution is -0.161. The second-order valence-electron chi connectivity index (χ2n) is 12.6. The number of hydrogen-bond donors (Lipinski definition) is 2. The Bertz CT molecular complexity index is 751. The van der Waals surface area contributed by atoms with Crippen molar-refractivity contribution >= 4 is 19.8 Å². The predicted molar refractivity (Wildman–Crippen MR) is 184 cm³/mol. The molecule has 0 aliphatic rings. The Kier molecular flexibility index (Phi) is 31.8. The molecule has 0 aliphatic heterocycles. The third-order valence-corrected chi connectivity index (χ3v) is 8.52. The molecule has 266 valence electrons. The maximum atomic E-state index is 12.3. The molecule has 0 aromatic heterocycles. The smallest absolute Gasteiger partial charge is 0.462 e. The quantitative estimate of drug-likeness (QED) is 0.0303. The van der Waals surface area contributed by atoms with Crippen LogP contribution in [0.4, 0.5) is 0 Å². The minimum absolute atomic E-state index is 0.214. The number of allylic oxidation sites excluding steroid dienone is 2. The summed E-state index contributed by atoms with van der Waals surface area (Å²) in [4.78, 5) is 42.6. The Labute approximate surface area is 276 Å². The molecule has 0 unspecified atom stereocenters. The minimum Gasteiger partial charge on any atom is -0.462 e. The molecular formula is C36H69O8P. The number of phosphoric acid groups is 1. The van der Waals surface area contributed by atoms with Crippen LogP contribution in [0.25, 0.3) is 0 Å². The van der Waals surface area contributed by atoms with Gasteiger partial charge in [0.05, 0.1) is 6.61 Å². The number of unbranched alkanes of at least 4 members (excludes halogenated alkanes) is 22. The van der Waals surface area contributed by atoms with Crippen molar-refractivity contribution in [2.75, 3.05) is 13.2 Å². The van der Waals surface area contributed by atoms with Crippen LogP contribution >= 0.6 is 7.82 Å². The maximum absolute atomic E-state index is 12.3. The number of carbonyl (C=O) groups excluding carboxylic acids is 2. The number of carbonyl (C=O) groups is 2. The fourth-order valence-corrected chi connectivity index (χ4v) is 5.61. The number of esters is 2. The van der Waals surface area contributed by atoms with Crippen LogP contribution in [0.2, 0.25) is 0 Å². The van der Waals surface area contributed by atoms with Crippen molar-refractivity contribution in [3.05, 3.63) is 12.2 Å². The molecule has 0 aromatic rings. The van der Waals surface area contributed by atoms with Gasteiger partial charge in [0.25, 0.3) is 0 Å². The second kappa shape index (κ2) is 32.7. The van der Waals surface area contributed by atoms with Gasteiger partial charge in [0.2, 0.25) is 0 Å². The summed E-state index contributed by atoms with van der Waals surface area (Å²) in [5.74, 6) is -0.897. The summed E-state index contributed by atoms with van der Waals surface area (Å²) in [6, 6.07) is 0. The van der Waals surface area contributed by atoms with Crippen molar-refractivity contribution in [1.82, 2.24) is 0 Å². The molecule has 0 aliphatic carbocycles. The van der Waals surface area contributed by atoms with Crippen molar-refractivity contribution in [1.29, 1.82) is 0 Å². The highest BCUT2D eigenvalue weighted by atomic mass is 31.2. The molecule has 1 atom stereocenters. The summed E-state index contributed by atoms with van der Waals surface area (Å²) in [6.45, 7) is 3.66. The first-order chi connectivity index (χ1) is 21.8. The number of phosphoric ester groups is 1. The number of ether oxygens (including phenoxy) is 2. The van der Waals surface area contributed by atoms with Gasteiger partial charge in [-0.05, 0) is 38.5 Å². The molecule has 0 saturated heterocycles. The van der Waals surface area contributed by atoms with Crippen LogP contribution in [0.3, 0.4) is 0 Å². The number of rotatable bonds is 34. The first-order valence-electron chi connectivity index (χ1n) is 18.5. The molecule has 8 nitrogen and oxygen atoms in total. The zero-order chi connectivity index (χ0) is 33.3. The summed E-state index contributed by atoms with van der Waals surface area (Å²) in [6.07, 6.45) is 33.6. The fourth-order valence-electron chi connectivity index (χ4n) is 5.25. The molecule has 45 heavy (non-hydrogen) atoms. The Morgan fingerprint density at radius 1 is 0.556 bits per heavy atom. The second-order valence-corrected chi connectivity index (χ2v) is 13.8. The van der Waals surface area contributed by atoms with E-state index in [2.05, 4.69) is 30.5 Å². The molecule has 0 bridgehead atoms. The van der Waals surface area contributed by atoms with Gasteiger partial charge in [0, 0.05) is 12.8 Å². The van der Waals surface area contributed by atoms with Crippen LogP contribution in [-0.4, -0.2) is 41.0 Å². The standard InChI is InChI=1S/C36H69O8P/c1-3-5-7-9-11-13-15-17-18-19-21-22-24-26-28-30-35(37)42-32-34(33-43-45(39,40)41)44-36(38)31-29-27-25-23-20-16-14-12-10-8-6-4-2/h19,21,34H,3-18,20,22-33H2,1-2H3,(H2,39,40,41)/b21-19+/t34-/m1/s1. The van der Waals surface area contributed by atoms with Gasteiger partial charge < -0.3 is 19.3 Å². The highest BCUT2D eigenvalue weighted by molar-refractivity contribution is 7.46. The van der Waals surface area contributed by atoms with Crippen molar-refractivity contribution in [2.24, 2.45) is 0 Å². The summed E-state index contributed by atoms with van der Waals surface area (Å²) in [5.41, 5.74) is 0. The molecule has 0 saturated carbocycles. The Morgan fingerprint density at radius 2 is 0.933 bits per heavy atom. The summed E-state index contributed by atoms with van der Waals surface area (Å²) < 4.78 is 26.2. The van der Waals surface area contributed by atoms with Gasteiger partial charge >= 0.3 is 19.8 Å². The van der Waals surface area contributed by atoms with Gasteiger partial charge in [-0.15, -0.1) is 0 Å². The van der Waals surface area contributed by atoms with Gasteiger partial charge in [-0.25, -0.2) is 4.57 Å². The normalized spacial score (nSPS) is 12.5. The topological polar surface area (TPSA) is 119 Å². The maximum Gasteiger partial charge on any atom is 0.469 e. The highest BCUT2D eigenvalue weighted by Crippen LogP contribution is 2.36. The van der Waals surface area contributed by atoms with Crippen molar-refractivity contribution in [2.45, 2.75) is 193 Å². The first-order valence-corrected chi connectivity index (χ1v) is 20.0. The third-order valence-electron chi connectivity index (χ3n) is 8.03. The van der Waals surface area contributed by atoms with Gasteiger partial charge in [0.15, 0.2) is 6.10 Å². The molecule has 0 heterocycles. The van der Waals surface area contributed by atoms with E-state index in [4.69, 9.17) is 19.3 Å². The Balaban J connectivity index is 3.97. The lowest BCUT2D eigenvalue weighted by Gasteiger charge is -2.18. The van der Waals surface area contributed by atoms with E-state index in [1.807, 2.05) is 0 Å². The van der Waals surface area contributed by atoms with Crippen molar-refractivity contribution in [3.8, 4) is 0 Å².